The summed E-state index contributed by atoms with van der Waals surface area (Å²) in [6.07, 6.45) is 0.960. The fourth-order valence-electron chi connectivity index (χ4n) is 1.48. The minimum atomic E-state index is -0.399. The molecule has 1 rings (SSSR count). The molecule has 1 aromatic rings. The zero-order valence-electron chi connectivity index (χ0n) is 9.35. The van der Waals surface area contributed by atoms with E-state index >= 15 is 0 Å². The Bertz CT molecular complexity index is 325. The highest BCUT2D eigenvalue weighted by molar-refractivity contribution is 5.21. The first kappa shape index (κ1) is 12.1. The Balaban J connectivity index is 2.80. The van der Waals surface area contributed by atoms with Crippen molar-refractivity contribution in [1.29, 1.82) is 0 Å². The molecule has 0 saturated carbocycles. The average Bonchev–Trinajstić information content (AvgIpc) is 2.21. The van der Waals surface area contributed by atoms with Crippen molar-refractivity contribution in [3.8, 4) is 0 Å². The summed E-state index contributed by atoms with van der Waals surface area (Å²) in [5.41, 5.74) is 0.385. The largest absolute Gasteiger partial charge is 0.308 e. The summed E-state index contributed by atoms with van der Waals surface area (Å²) in [4.78, 5) is 0. The van der Waals surface area contributed by atoms with E-state index in [1.54, 1.807) is 0 Å². The lowest BCUT2D eigenvalue weighted by atomic mass is 10.1. The predicted molar refractivity (Wildman–Crippen MR) is 57.7 cm³/mol. The molecule has 0 spiro atoms. The molecule has 1 nitrogen and oxygen atoms in total. The van der Waals surface area contributed by atoms with Crippen molar-refractivity contribution in [2.75, 3.05) is 0 Å². The van der Waals surface area contributed by atoms with Crippen LogP contribution in [0.2, 0.25) is 0 Å². The van der Waals surface area contributed by atoms with Gasteiger partial charge in [-0.25, -0.2) is 8.78 Å². The summed E-state index contributed by atoms with van der Waals surface area (Å²) in [6.45, 7) is 5.91. The molecule has 0 aliphatic heterocycles. The monoisotopic (exact) mass is 213 g/mol. The molecule has 0 aromatic heterocycles. The van der Waals surface area contributed by atoms with Crippen LogP contribution in [0, 0.1) is 11.6 Å². The van der Waals surface area contributed by atoms with Crippen molar-refractivity contribution < 1.29 is 8.78 Å². The molecule has 1 N–H and O–H groups in total. The third-order valence-corrected chi connectivity index (χ3v) is 2.57. The van der Waals surface area contributed by atoms with Crippen molar-refractivity contribution in [3.05, 3.63) is 35.4 Å². The van der Waals surface area contributed by atoms with E-state index in [1.165, 1.54) is 12.1 Å². The van der Waals surface area contributed by atoms with Crippen LogP contribution in [0.15, 0.2) is 18.2 Å². The average molecular weight is 213 g/mol. The van der Waals surface area contributed by atoms with Crippen LogP contribution in [-0.4, -0.2) is 6.04 Å². The number of benzene rings is 1. The van der Waals surface area contributed by atoms with E-state index in [0.717, 1.165) is 12.5 Å². The van der Waals surface area contributed by atoms with Crippen molar-refractivity contribution in [2.24, 2.45) is 0 Å². The van der Waals surface area contributed by atoms with Crippen LogP contribution in [0.3, 0.4) is 0 Å². The van der Waals surface area contributed by atoms with Crippen molar-refractivity contribution in [2.45, 2.75) is 39.3 Å². The summed E-state index contributed by atoms with van der Waals surface area (Å²) in [6, 6.07) is 3.67. The summed E-state index contributed by atoms with van der Waals surface area (Å²) in [7, 11) is 0. The van der Waals surface area contributed by atoms with Gasteiger partial charge in [-0.2, -0.15) is 0 Å². The van der Waals surface area contributed by atoms with Gasteiger partial charge >= 0.3 is 0 Å². The molecule has 0 fully saturated rings. The molecule has 0 amide bonds. The normalized spacial score (nSPS) is 15.0. The summed E-state index contributed by atoms with van der Waals surface area (Å²) in [5, 5.41) is 3.21. The molecule has 0 unspecified atom stereocenters. The Kier molecular flexibility index (Phi) is 4.21. The Morgan fingerprint density at radius 2 is 1.93 bits per heavy atom. The highest BCUT2D eigenvalue weighted by Gasteiger charge is 2.13. The maximum atomic E-state index is 13.4. The van der Waals surface area contributed by atoms with E-state index in [-0.39, 0.29) is 11.9 Å². The van der Waals surface area contributed by atoms with Gasteiger partial charge in [0.1, 0.15) is 11.6 Å². The maximum absolute atomic E-state index is 13.4. The van der Waals surface area contributed by atoms with E-state index in [0.29, 0.717) is 11.6 Å². The molecule has 0 aliphatic carbocycles. The van der Waals surface area contributed by atoms with Gasteiger partial charge in [0.25, 0.3) is 0 Å². The van der Waals surface area contributed by atoms with Crippen LogP contribution in [0.4, 0.5) is 8.78 Å². The van der Waals surface area contributed by atoms with E-state index in [2.05, 4.69) is 5.32 Å². The Labute approximate surface area is 89.5 Å². The maximum Gasteiger partial charge on any atom is 0.128 e. The summed E-state index contributed by atoms with van der Waals surface area (Å²) in [5.74, 6) is -0.760. The quantitative estimate of drug-likeness (QED) is 0.808. The van der Waals surface area contributed by atoms with Crippen LogP contribution in [0.5, 0.6) is 0 Å². The topological polar surface area (TPSA) is 12.0 Å². The van der Waals surface area contributed by atoms with E-state index in [1.807, 2.05) is 20.8 Å². The zero-order valence-corrected chi connectivity index (χ0v) is 9.35. The fraction of sp³-hybridized carbons (Fsp3) is 0.500. The summed E-state index contributed by atoms with van der Waals surface area (Å²) >= 11 is 0. The smallest absolute Gasteiger partial charge is 0.128 e. The first-order chi connectivity index (χ1) is 7.04. The number of nitrogens with one attached hydrogen (secondary N) is 1. The van der Waals surface area contributed by atoms with Gasteiger partial charge in [-0.05, 0) is 38.5 Å². The van der Waals surface area contributed by atoms with E-state index in [4.69, 9.17) is 0 Å². The number of rotatable bonds is 4. The fourth-order valence-corrected chi connectivity index (χ4v) is 1.48. The molecule has 84 valence electrons. The molecule has 0 heterocycles. The Hall–Kier alpha value is -0.960. The van der Waals surface area contributed by atoms with Crippen LogP contribution in [-0.2, 0) is 0 Å². The molecule has 0 aliphatic rings. The van der Waals surface area contributed by atoms with Gasteiger partial charge in [0.2, 0.25) is 0 Å². The Morgan fingerprint density at radius 3 is 2.53 bits per heavy atom. The van der Waals surface area contributed by atoms with Crippen LogP contribution >= 0.6 is 0 Å². The highest BCUT2D eigenvalue weighted by atomic mass is 19.1. The molecular formula is C12H17F2N. The number of hydrogen-bond acceptors (Lipinski definition) is 1. The van der Waals surface area contributed by atoms with Crippen LogP contribution in [0.1, 0.15) is 38.8 Å². The molecule has 0 saturated heterocycles. The first-order valence-corrected chi connectivity index (χ1v) is 5.25. The van der Waals surface area contributed by atoms with E-state index < -0.39 is 5.82 Å². The SMILES string of the molecule is CC[C@@H](C)N[C@H](C)c1cc(F)ccc1F. The Morgan fingerprint density at radius 1 is 1.27 bits per heavy atom. The lowest BCUT2D eigenvalue weighted by Crippen LogP contribution is -2.28. The van der Waals surface area contributed by atoms with E-state index in [9.17, 15) is 8.78 Å². The van der Waals surface area contributed by atoms with Gasteiger partial charge in [-0.15, -0.1) is 0 Å². The van der Waals surface area contributed by atoms with Gasteiger partial charge in [-0.3, -0.25) is 0 Å². The highest BCUT2D eigenvalue weighted by Crippen LogP contribution is 2.18. The minimum Gasteiger partial charge on any atom is -0.308 e. The van der Waals surface area contributed by atoms with Gasteiger partial charge < -0.3 is 5.32 Å². The van der Waals surface area contributed by atoms with Crippen LogP contribution < -0.4 is 5.32 Å². The molecular weight excluding hydrogens is 196 g/mol. The lowest BCUT2D eigenvalue weighted by Gasteiger charge is -2.19. The van der Waals surface area contributed by atoms with Gasteiger partial charge in [-0.1, -0.05) is 6.92 Å². The second kappa shape index (κ2) is 5.21. The summed E-state index contributed by atoms with van der Waals surface area (Å²) < 4.78 is 26.3. The first-order valence-electron chi connectivity index (χ1n) is 5.25. The van der Waals surface area contributed by atoms with Gasteiger partial charge in [0.15, 0.2) is 0 Å². The van der Waals surface area contributed by atoms with Crippen molar-refractivity contribution >= 4 is 0 Å². The predicted octanol–water partition coefficient (Wildman–Crippen LogP) is 3.41. The van der Waals surface area contributed by atoms with Crippen molar-refractivity contribution in [3.63, 3.8) is 0 Å². The second-order valence-corrected chi connectivity index (χ2v) is 3.86. The number of halogens is 2. The third kappa shape index (κ3) is 3.27. The molecule has 0 bridgehead atoms. The second-order valence-electron chi connectivity index (χ2n) is 3.86. The molecule has 15 heavy (non-hydrogen) atoms. The molecule has 1 aromatic carbocycles. The van der Waals surface area contributed by atoms with Gasteiger partial charge in [0, 0.05) is 17.6 Å². The van der Waals surface area contributed by atoms with Gasteiger partial charge in [0.05, 0.1) is 0 Å². The molecule has 0 radical (unpaired) electrons. The standard InChI is InChI=1S/C12H17F2N/c1-4-8(2)15-9(3)11-7-10(13)5-6-12(11)14/h5-9,15H,4H2,1-3H3/t8-,9-/m1/s1. The molecule has 2 atom stereocenters. The number of hydrogen-bond donors (Lipinski definition) is 1. The lowest BCUT2D eigenvalue weighted by molar-refractivity contribution is 0.451. The van der Waals surface area contributed by atoms with Crippen molar-refractivity contribution in [1.82, 2.24) is 5.32 Å². The third-order valence-electron chi connectivity index (χ3n) is 2.57. The minimum absolute atomic E-state index is 0.171. The van der Waals surface area contributed by atoms with Crippen LogP contribution in [0.25, 0.3) is 0 Å². The molecule has 3 heteroatoms. The zero-order chi connectivity index (χ0) is 11.4.